The molecule has 2 heterocycles. The predicted molar refractivity (Wildman–Crippen MR) is 101 cm³/mol. The van der Waals surface area contributed by atoms with E-state index in [2.05, 4.69) is 30.8 Å². The van der Waals surface area contributed by atoms with Gasteiger partial charge >= 0.3 is 0 Å². The lowest BCUT2D eigenvalue weighted by Gasteiger charge is -2.34. The van der Waals surface area contributed by atoms with E-state index < -0.39 is 0 Å². The van der Waals surface area contributed by atoms with Gasteiger partial charge in [-0.15, -0.1) is 0 Å². The molecular weight excluding hydrogens is 328 g/mol. The predicted octanol–water partition coefficient (Wildman–Crippen LogP) is 2.71. The number of aryl methyl sites for hydroxylation is 1. The SMILES string of the molecule is CCCn1ncc(C(=O)N2CCC(=O)N(CC3CC3)C(C(C)C)C2)c1C. The monoisotopic (exact) mass is 360 g/mol. The Hall–Kier alpha value is -1.85. The number of rotatable bonds is 6. The molecule has 1 saturated heterocycles. The largest absolute Gasteiger partial charge is 0.337 e. The van der Waals surface area contributed by atoms with Crippen molar-refractivity contribution in [2.75, 3.05) is 19.6 Å². The van der Waals surface area contributed by atoms with Crippen molar-refractivity contribution in [1.82, 2.24) is 19.6 Å². The molecule has 1 atom stereocenters. The highest BCUT2D eigenvalue weighted by Crippen LogP contribution is 2.32. The Morgan fingerprint density at radius 2 is 2.08 bits per heavy atom. The van der Waals surface area contributed by atoms with E-state index in [0.717, 1.165) is 25.2 Å². The molecule has 1 aromatic heterocycles. The first-order chi connectivity index (χ1) is 12.4. The fourth-order valence-corrected chi connectivity index (χ4v) is 3.81. The molecule has 1 aliphatic heterocycles. The third kappa shape index (κ3) is 3.94. The van der Waals surface area contributed by atoms with E-state index in [9.17, 15) is 9.59 Å². The third-order valence-corrected chi connectivity index (χ3v) is 5.70. The first-order valence-corrected chi connectivity index (χ1v) is 10.0. The van der Waals surface area contributed by atoms with Gasteiger partial charge in [-0.2, -0.15) is 5.10 Å². The van der Waals surface area contributed by atoms with Crippen molar-refractivity contribution in [2.24, 2.45) is 11.8 Å². The Morgan fingerprint density at radius 3 is 2.69 bits per heavy atom. The van der Waals surface area contributed by atoms with Gasteiger partial charge in [0.2, 0.25) is 5.91 Å². The van der Waals surface area contributed by atoms with Gasteiger partial charge < -0.3 is 9.80 Å². The van der Waals surface area contributed by atoms with Crippen molar-refractivity contribution < 1.29 is 9.59 Å². The molecule has 2 aliphatic rings. The standard InChI is InChI=1S/C20H32N4O2/c1-5-9-24-15(4)17(11-21-24)20(26)22-10-8-19(25)23(12-16-6-7-16)18(13-22)14(2)3/h11,14,16,18H,5-10,12-13H2,1-4H3. The van der Waals surface area contributed by atoms with Crippen LogP contribution in [0.2, 0.25) is 0 Å². The Bertz CT molecular complexity index is 663. The van der Waals surface area contributed by atoms with E-state index >= 15 is 0 Å². The third-order valence-electron chi connectivity index (χ3n) is 5.70. The molecule has 1 aromatic rings. The van der Waals surface area contributed by atoms with E-state index in [4.69, 9.17) is 0 Å². The fraction of sp³-hybridized carbons (Fsp3) is 0.750. The molecule has 6 nitrogen and oxygen atoms in total. The van der Waals surface area contributed by atoms with Crippen LogP contribution < -0.4 is 0 Å². The lowest BCUT2D eigenvalue weighted by Crippen LogP contribution is -2.48. The van der Waals surface area contributed by atoms with Crippen LogP contribution in [-0.2, 0) is 11.3 Å². The number of carbonyl (C=O) groups is 2. The summed E-state index contributed by atoms with van der Waals surface area (Å²) in [6.07, 6.45) is 5.55. The van der Waals surface area contributed by atoms with Gasteiger partial charge in [-0.25, -0.2) is 0 Å². The molecule has 1 unspecified atom stereocenters. The zero-order chi connectivity index (χ0) is 18.8. The first-order valence-electron chi connectivity index (χ1n) is 10.0. The van der Waals surface area contributed by atoms with Gasteiger partial charge in [-0.3, -0.25) is 14.3 Å². The summed E-state index contributed by atoms with van der Waals surface area (Å²) in [6.45, 7) is 11.2. The topological polar surface area (TPSA) is 58.4 Å². The Labute approximate surface area is 156 Å². The van der Waals surface area contributed by atoms with Crippen molar-refractivity contribution in [3.8, 4) is 0 Å². The summed E-state index contributed by atoms with van der Waals surface area (Å²) in [7, 11) is 0. The molecule has 26 heavy (non-hydrogen) atoms. The Kier molecular flexibility index (Phi) is 5.68. The zero-order valence-corrected chi connectivity index (χ0v) is 16.6. The van der Waals surface area contributed by atoms with Crippen LogP contribution in [-0.4, -0.2) is 57.1 Å². The highest BCUT2D eigenvalue weighted by molar-refractivity contribution is 5.95. The molecule has 0 N–H and O–H groups in total. The lowest BCUT2D eigenvalue weighted by molar-refractivity contribution is -0.133. The summed E-state index contributed by atoms with van der Waals surface area (Å²) in [4.78, 5) is 29.8. The molecule has 0 bridgehead atoms. The maximum atomic E-state index is 13.1. The van der Waals surface area contributed by atoms with Gasteiger partial charge in [-0.05, 0) is 38.0 Å². The average molecular weight is 361 g/mol. The van der Waals surface area contributed by atoms with Crippen molar-refractivity contribution >= 4 is 11.8 Å². The van der Waals surface area contributed by atoms with Crippen LogP contribution in [0, 0.1) is 18.8 Å². The number of nitrogens with zero attached hydrogens (tertiary/aromatic N) is 4. The summed E-state index contributed by atoms with van der Waals surface area (Å²) in [5.41, 5.74) is 1.59. The summed E-state index contributed by atoms with van der Waals surface area (Å²) < 4.78 is 1.90. The molecule has 144 valence electrons. The van der Waals surface area contributed by atoms with Crippen LogP contribution in [0.25, 0.3) is 0 Å². The highest BCUT2D eigenvalue weighted by Gasteiger charge is 2.37. The highest BCUT2D eigenvalue weighted by atomic mass is 16.2. The molecule has 6 heteroatoms. The molecule has 1 aliphatic carbocycles. The van der Waals surface area contributed by atoms with Gasteiger partial charge in [-0.1, -0.05) is 20.8 Å². The minimum absolute atomic E-state index is 0.0107. The second-order valence-corrected chi connectivity index (χ2v) is 8.17. The summed E-state index contributed by atoms with van der Waals surface area (Å²) in [5.74, 6) is 1.20. The summed E-state index contributed by atoms with van der Waals surface area (Å²) in [6, 6.07) is 0.0977. The number of hydrogen-bond acceptors (Lipinski definition) is 3. The maximum Gasteiger partial charge on any atom is 0.257 e. The van der Waals surface area contributed by atoms with Crippen LogP contribution in [0.4, 0.5) is 0 Å². The van der Waals surface area contributed by atoms with Gasteiger partial charge in [0.1, 0.15) is 0 Å². The van der Waals surface area contributed by atoms with Gasteiger partial charge in [0.15, 0.2) is 0 Å². The second-order valence-electron chi connectivity index (χ2n) is 8.17. The summed E-state index contributed by atoms with van der Waals surface area (Å²) >= 11 is 0. The van der Waals surface area contributed by atoms with Gasteiger partial charge in [0, 0.05) is 38.3 Å². The van der Waals surface area contributed by atoms with Crippen molar-refractivity contribution in [2.45, 2.75) is 66.0 Å². The molecule has 0 spiro atoms. The zero-order valence-electron chi connectivity index (χ0n) is 16.6. The van der Waals surface area contributed by atoms with Crippen molar-refractivity contribution in [3.05, 3.63) is 17.5 Å². The Balaban J connectivity index is 1.79. The average Bonchev–Trinajstić information content (AvgIpc) is 3.37. The van der Waals surface area contributed by atoms with Crippen molar-refractivity contribution in [3.63, 3.8) is 0 Å². The van der Waals surface area contributed by atoms with E-state index in [-0.39, 0.29) is 17.9 Å². The van der Waals surface area contributed by atoms with Gasteiger partial charge in [0.05, 0.1) is 17.8 Å². The van der Waals surface area contributed by atoms with Crippen LogP contribution >= 0.6 is 0 Å². The van der Waals surface area contributed by atoms with E-state index in [1.807, 2.05) is 16.5 Å². The van der Waals surface area contributed by atoms with Crippen LogP contribution in [0.15, 0.2) is 6.20 Å². The van der Waals surface area contributed by atoms with Crippen LogP contribution in [0.3, 0.4) is 0 Å². The molecule has 0 radical (unpaired) electrons. The number of aromatic nitrogens is 2. The number of amides is 2. The number of carbonyl (C=O) groups excluding carboxylic acids is 2. The Morgan fingerprint density at radius 1 is 1.35 bits per heavy atom. The normalized spacial score (nSPS) is 21.4. The lowest BCUT2D eigenvalue weighted by atomic mass is 10.0. The molecule has 2 amide bonds. The van der Waals surface area contributed by atoms with Crippen molar-refractivity contribution in [1.29, 1.82) is 0 Å². The van der Waals surface area contributed by atoms with E-state index in [1.54, 1.807) is 6.20 Å². The minimum Gasteiger partial charge on any atom is -0.337 e. The van der Waals surface area contributed by atoms with Crippen LogP contribution in [0.1, 0.15) is 62.5 Å². The summed E-state index contributed by atoms with van der Waals surface area (Å²) in [5, 5.41) is 4.37. The van der Waals surface area contributed by atoms with E-state index in [1.165, 1.54) is 12.8 Å². The van der Waals surface area contributed by atoms with Gasteiger partial charge in [0.25, 0.3) is 5.91 Å². The van der Waals surface area contributed by atoms with Crippen LogP contribution in [0.5, 0.6) is 0 Å². The van der Waals surface area contributed by atoms with E-state index in [0.29, 0.717) is 36.9 Å². The maximum absolute atomic E-state index is 13.1. The molecule has 1 saturated carbocycles. The fourth-order valence-electron chi connectivity index (χ4n) is 3.81. The second kappa shape index (κ2) is 7.80. The minimum atomic E-state index is 0.0107. The molecule has 3 rings (SSSR count). The first kappa shape index (κ1) is 18.9. The molecule has 0 aromatic carbocycles. The smallest absolute Gasteiger partial charge is 0.257 e. The molecule has 2 fully saturated rings. The molecular formula is C20H32N4O2. The quantitative estimate of drug-likeness (QED) is 0.784. The number of hydrogen-bond donors (Lipinski definition) is 0.